The van der Waals surface area contributed by atoms with Gasteiger partial charge in [0.2, 0.25) is 0 Å². The number of hydrogen-bond donors (Lipinski definition) is 1. The molecule has 0 radical (unpaired) electrons. The van der Waals surface area contributed by atoms with E-state index in [1.54, 1.807) is 29.5 Å². The molecule has 0 spiro atoms. The van der Waals surface area contributed by atoms with Crippen molar-refractivity contribution in [3.63, 3.8) is 0 Å². The first-order valence-corrected chi connectivity index (χ1v) is 4.29. The van der Waals surface area contributed by atoms with Gasteiger partial charge in [0.1, 0.15) is 5.82 Å². The maximum Gasteiger partial charge on any atom is 0.144 e. The molecule has 6 heteroatoms. The van der Waals surface area contributed by atoms with Crippen molar-refractivity contribution in [1.29, 1.82) is 0 Å². The third-order valence-electron chi connectivity index (χ3n) is 1.68. The fraction of sp³-hybridized carbons (Fsp3) is 0.250. The van der Waals surface area contributed by atoms with Crippen LogP contribution in [0, 0.1) is 0 Å². The molecule has 0 saturated heterocycles. The van der Waals surface area contributed by atoms with Crippen LogP contribution in [-0.4, -0.2) is 31.5 Å². The van der Waals surface area contributed by atoms with Crippen LogP contribution < -0.4 is 5.32 Å². The maximum atomic E-state index is 4.08. The van der Waals surface area contributed by atoms with Crippen LogP contribution in [0.25, 0.3) is 0 Å². The molecule has 0 amide bonds. The highest BCUT2D eigenvalue weighted by Crippen LogP contribution is 1.95. The molecule has 0 aliphatic rings. The zero-order valence-corrected chi connectivity index (χ0v) is 7.54. The van der Waals surface area contributed by atoms with Crippen LogP contribution in [-0.2, 0) is 6.54 Å². The Morgan fingerprint density at radius 3 is 3.00 bits per heavy atom. The molecule has 14 heavy (non-hydrogen) atoms. The molecule has 2 aromatic heterocycles. The third kappa shape index (κ3) is 2.25. The summed E-state index contributed by atoms with van der Waals surface area (Å²) < 4.78 is 1.75. The lowest BCUT2D eigenvalue weighted by molar-refractivity contribution is 0.608. The Hall–Kier alpha value is -1.98. The van der Waals surface area contributed by atoms with Crippen LogP contribution in [0.1, 0.15) is 0 Å². The lowest BCUT2D eigenvalue weighted by atomic mass is 10.5. The van der Waals surface area contributed by atoms with Crippen LogP contribution in [0.15, 0.2) is 31.0 Å². The van der Waals surface area contributed by atoms with Crippen molar-refractivity contribution >= 4 is 5.82 Å². The molecule has 0 unspecified atom stereocenters. The van der Waals surface area contributed by atoms with Crippen LogP contribution in [0.4, 0.5) is 5.82 Å². The Labute approximate surface area is 81.0 Å². The van der Waals surface area contributed by atoms with Crippen molar-refractivity contribution in [2.45, 2.75) is 6.54 Å². The van der Waals surface area contributed by atoms with Gasteiger partial charge in [0.25, 0.3) is 0 Å². The third-order valence-corrected chi connectivity index (χ3v) is 1.68. The summed E-state index contributed by atoms with van der Waals surface area (Å²) in [6.07, 6.45) is 8.45. The van der Waals surface area contributed by atoms with Crippen molar-refractivity contribution in [2.75, 3.05) is 11.9 Å². The van der Waals surface area contributed by atoms with Crippen LogP contribution in [0.5, 0.6) is 0 Å². The van der Waals surface area contributed by atoms with E-state index in [2.05, 4.69) is 25.6 Å². The Morgan fingerprint density at radius 2 is 2.29 bits per heavy atom. The molecule has 2 aromatic rings. The van der Waals surface area contributed by atoms with E-state index in [0.29, 0.717) is 0 Å². The summed E-state index contributed by atoms with van der Waals surface area (Å²) in [5, 5.41) is 10.7. The molecule has 2 heterocycles. The Bertz CT molecular complexity index is 357. The predicted octanol–water partition coefficient (Wildman–Crippen LogP) is 0.180. The number of anilines is 1. The van der Waals surface area contributed by atoms with Gasteiger partial charge in [-0.25, -0.2) is 4.98 Å². The molecular formula is C8H10N6. The van der Waals surface area contributed by atoms with Gasteiger partial charge < -0.3 is 5.32 Å². The van der Waals surface area contributed by atoms with Crippen LogP contribution in [0.3, 0.4) is 0 Å². The molecular weight excluding hydrogens is 180 g/mol. The molecule has 0 bridgehead atoms. The van der Waals surface area contributed by atoms with Gasteiger partial charge in [-0.15, -0.1) is 5.10 Å². The second-order valence-corrected chi connectivity index (χ2v) is 2.68. The van der Waals surface area contributed by atoms with Gasteiger partial charge in [-0.1, -0.05) is 5.21 Å². The van der Waals surface area contributed by atoms with Crippen LogP contribution in [0.2, 0.25) is 0 Å². The zero-order valence-electron chi connectivity index (χ0n) is 7.54. The fourth-order valence-electron chi connectivity index (χ4n) is 1.04. The smallest absolute Gasteiger partial charge is 0.144 e. The molecule has 0 atom stereocenters. The van der Waals surface area contributed by atoms with E-state index in [-0.39, 0.29) is 0 Å². The molecule has 1 N–H and O–H groups in total. The number of aromatic nitrogens is 5. The van der Waals surface area contributed by atoms with Gasteiger partial charge in [0, 0.05) is 25.1 Å². The summed E-state index contributed by atoms with van der Waals surface area (Å²) in [5.74, 6) is 0.771. The van der Waals surface area contributed by atoms with E-state index in [1.165, 1.54) is 0 Å². The molecule has 0 aliphatic heterocycles. The number of hydrogen-bond acceptors (Lipinski definition) is 5. The van der Waals surface area contributed by atoms with Gasteiger partial charge in [-0.3, -0.25) is 9.67 Å². The minimum Gasteiger partial charge on any atom is -0.367 e. The van der Waals surface area contributed by atoms with E-state index in [1.807, 2.05) is 6.20 Å². The normalized spacial score (nSPS) is 10.0. The second-order valence-electron chi connectivity index (χ2n) is 2.68. The summed E-state index contributed by atoms with van der Waals surface area (Å²) >= 11 is 0. The van der Waals surface area contributed by atoms with E-state index in [4.69, 9.17) is 0 Å². The van der Waals surface area contributed by atoms with E-state index in [0.717, 1.165) is 18.9 Å². The average Bonchev–Trinajstić information content (AvgIpc) is 2.72. The average molecular weight is 190 g/mol. The second kappa shape index (κ2) is 4.31. The quantitative estimate of drug-likeness (QED) is 0.744. The van der Waals surface area contributed by atoms with Crippen molar-refractivity contribution in [1.82, 2.24) is 25.0 Å². The molecule has 0 fully saturated rings. The van der Waals surface area contributed by atoms with Gasteiger partial charge >= 0.3 is 0 Å². The van der Waals surface area contributed by atoms with Gasteiger partial charge in [0.05, 0.1) is 18.9 Å². The number of nitrogens with zero attached hydrogens (tertiary/aromatic N) is 5. The highest BCUT2D eigenvalue weighted by molar-refractivity contribution is 5.29. The van der Waals surface area contributed by atoms with Gasteiger partial charge in [-0.2, -0.15) is 0 Å². The summed E-state index contributed by atoms with van der Waals surface area (Å²) in [6.45, 7) is 1.51. The lowest BCUT2D eigenvalue weighted by Crippen LogP contribution is -2.11. The molecule has 0 aliphatic carbocycles. The summed E-state index contributed by atoms with van der Waals surface area (Å²) in [6, 6.07) is 0. The largest absolute Gasteiger partial charge is 0.367 e. The molecule has 2 rings (SSSR count). The highest BCUT2D eigenvalue weighted by atomic mass is 15.4. The first kappa shape index (κ1) is 8.61. The SMILES string of the molecule is c1cnc(NCCn2ccnn2)cn1. The monoisotopic (exact) mass is 190 g/mol. The fourth-order valence-corrected chi connectivity index (χ4v) is 1.04. The van der Waals surface area contributed by atoms with Crippen molar-refractivity contribution in [3.8, 4) is 0 Å². The molecule has 6 nitrogen and oxygen atoms in total. The Morgan fingerprint density at radius 1 is 1.29 bits per heavy atom. The maximum absolute atomic E-state index is 4.08. The van der Waals surface area contributed by atoms with Gasteiger partial charge in [0.15, 0.2) is 0 Å². The first-order chi connectivity index (χ1) is 6.95. The van der Waals surface area contributed by atoms with E-state index >= 15 is 0 Å². The van der Waals surface area contributed by atoms with Crippen molar-refractivity contribution in [2.24, 2.45) is 0 Å². The van der Waals surface area contributed by atoms with Crippen LogP contribution >= 0.6 is 0 Å². The minimum absolute atomic E-state index is 0.752. The predicted molar refractivity (Wildman–Crippen MR) is 50.5 cm³/mol. The van der Waals surface area contributed by atoms with Crippen molar-refractivity contribution in [3.05, 3.63) is 31.0 Å². The minimum atomic E-state index is 0.752. The van der Waals surface area contributed by atoms with E-state index in [9.17, 15) is 0 Å². The lowest BCUT2D eigenvalue weighted by Gasteiger charge is -2.03. The Kier molecular flexibility index (Phi) is 2.65. The van der Waals surface area contributed by atoms with E-state index < -0.39 is 0 Å². The summed E-state index contributed by atoms with van der Waals surface area (Å²) in [7, 11) is 0. The number of nitrogens with one attached hydrogen (secondary N) is 1. The zero-order chi connectivity index (χ0) is 9.64. The molecule has 0 saturated carbocycles. The Balaban J connectivity index is 1.79. The first-order valence-electron chi connectivity index (χ1n) is 4.29. The number of rotatable bonds is 4. The molecule has 72 valence electrons. The van der Waals surface area contributed by atoms with Crippen molar-refractivity contribution < 1.29 is 0 Å². The highest BCUT2D eigenvalue weighted by Gasteiger charge is 1.93. The standard InChI is InChI=1S/C8H10N6/c1-2-10-8(7-9-1)11-3-5-14-6-4-12-13-14/h1-2,4,6-7H,3,5H2,(H,10,11). The summed E-state index contributed by atoms with van der Waals surface area (Å²) in [5.41, 5.74) is 0. The van der Waals surface area contributed by atoms with Gasteiger partial charge in [-0.05, 0) is 0 Å². The molecule has 0 aromatic carbocycles. The summed E-state index contributed by atoms with van der Waals surface area (Å²) in [4.78, 5) is 8.02. The topological polar surface area (TPSA) is 68.5 Å².